The second kappa shape index (κ2) is 7.70. The van der Waals surface area contributed by atoms with Crippen LogP contribution in [0, 0.1) is 13.8 Å². The van der Waals surface area contributed by atoms with E-state index >= 15 is 0 Å². The van der Waals surface area contributed by atoms with Gasteiger partial charge in [0.05, 0.1) is 17.9 Å². The summed E-state index contributed by atoms with van der Waals surface area (Å²) in [7, 11) is 0. The molecule has 2 aromatic rings. The maximum Gasteiger partial charge on any atom is 0.320 e. The third-order valence-corrected chi connectivity index (χ3v) is 4.62. The molecule has 1 aromatic carbocycles. The molecule has 0 bridgehead atoms. The normalized spacial score (nSPS) is 17.8. The zero-order valence-electron chi connectivity index (χ0n) is 15.1. The van der Waals surface area contributed by atoms with Gasteiger partial charge in [0.15, 0.2) is 0 Å². The van der Waals surface area contributed by atoms with E-state index in [1.54, 1.807) is 9.58 Å². The van der Waals surface area contributed by atoms with E-state index in [4.69, 9.17) is 0 Å². The van der Waals surface area contributed by atoms with Gasteiger partial charge in [0.2, 0.25) is 5.91 Å². The van der Waals surface area contributed by atoms with Crippen LogP contribution in [0.1, 0.15) is 30.5 Å². The number of amides is 1. The number of aliphatic carboxylic acids is 1. The Balaban J connectivity index is 1.73. The zero-order chi connectivity index (χ0) is 18.7. The number of nitrogens with one attached hydrogen (secondary N) is 1. The predicted molar refractivity (Wildman–Crippen MR) is 98.5 cm³/mol. The van der Waals surface area contributed by atoms with Crippen molar-refractivity contribution in [3.63, 3.8) is 0 Å². The number of rotatable bonds is 5. The van der Waals surface area contributed by atoms with Crippen LogP contribution in [0.2, 0.25) is 0 Å². The van der Waals surface area contributed by atoms with Crippen LogP contribution in [-0.2, 0) is 9.59 Å². The van der Waals surface area contributed by atoms with Crippen molar-refractivity contribution in [2.75, 3.05) is 18.4 Å². The van der Waals surface area contributed by atoms with Crippen molar-refractivity contribution in [2.45, 2.75) is 39.2 Å². The summed E-state index contributed by atoms with van der Waals surface area (Å²) in [5.74, 6) is -0.510. The van der Waals surface area contributed by atoms with Gasteiger partial charge in [-0.1, -0.05) is 24.1 Å². The Morgan fingerprint density at radius 2 is 1.96 bits per heavy atom. The average Bonchev–Trinajstić information content (AvgIpc) is 2.96. The van der Waals surface area contributed by atoms with Gasteiger partial charge >= 0.3 is 5.97 Å². The summed E-state index contributed by atoms with van der Waals surface area (Å²) in [5.41, 5.74) is 2.80. The molecule has 2 N–H and O–H groups in total. The van der Waals surface area contributed by atoms with Gasteiger partial charge in [0.25, 0.3) is 0 Å². The second-order valence-electron chi connectivity index (χ2n) is 6.79. The summed E-state index contributed by atoms with van der Waals surface area (Å²) >= 11 is 0. The first-order valence-corrected chi connectivity index (χ1v) is 8.84. The molecule has 3 rings (SSSR count). The number of aromatic nitrogens is 2. The molecule has 1 aromatic heterocycles. The standard InChI is InChI=1S/C19H24N4O3/c1-13-6-8-15(9-7-13)23-17(11-14(2)21-23)20-18(24)12-22-10-4-3-5-16(22)19(25)26/h6-9,11,16H,3-5,10,12H2,1-2H3,(H,20,24)(H,25,26). The number of carbonyl (C=O) groups excluding carboxylic acids is 1. The summed E-state index contributed by atoms with van der Waals surface area (Å²) in [6.45, 7) is 4.57. The molecule has 0 aliphatic carbocycles. The van der Waals surface area contributed by atoms with Gasteiger partial charge < -0.3 is 10.4 Å². The van der Waals surface area contributed by atoms with Gasteiger partial charge in [-0.25, -0.2) is 4.68 Å². The molecule has 0 saturated carbocycles. The Morgan fingerprint density at radius 3 is 2.65 bits per heavy atom. The molecule has 7 nitrogen and oxygen atoms in total. The number of likely N-dealkylation sites (tertiary alicyclic amines) is 1. The van der Waals surface area contributed by atoms with Crippen LogP contribution in [-0.4, -0.2) is 50.8 Å². The smallest absolute Gasteiger partial charge is 0.320 e. The van der Waals surface area contributed by atoms with E-state index in [-0.39, 0.29) is 12.5 Å². The molecular weight excluding hydrogens is 332 g/mol. The highest BCUT2D eigenvalue weighted by Gasteiger charge is 2.29. The number of carboxylic acid groups (broad SMARTS) is 1. The highest BCUT2D eigenvalue weighted by Crippen LogP contribution is 2.19. The number of hydrogen-bond acceptors (Lipinski definition) is 4. The fraction of sp³-hybridized carbons (Fsp3) is 0.421. The van der Waals surface area contributed by atoms with Crippen LogP contribution in [0.4, 0.5) is 5.82 Å². The van der Waals surface area contributed by atoms with Crippen molar-refractivity contribution in [3.05, 3.63) is 41.6 Å². The SMILES string of the molecule is Cc1ccc(-n2nc(C)cc2NC(=O)CN2CCCCC2C(=O)O)cc1. The number of anilines is 1. The Bertz CT molecular complexity index is 798. The fourth-order valence-corrected chi connectivity index (χ4v) is 3.30. The van der Waals surface area contributed by atoms with Crippen LogP contribution in [0.3, 0.4) is 0 Å². The number of aryl methyl sites for hydroxylation is 2. The lowest BCUT2D eigenvalue weighted by Crippen LogP contribution is -2.47. The fourth-order valence-electron chi connectivity index (χ4n) is 3.30. The minimum atomic E-state index is -0.863. The lowest BCUT2D eigenvalue weighted by atomic mass is 10.0. The zero-order valence-corrected chi connectivity index (χ0v) is 15.1. The first kappa shape index (κ1) is 18.1. The van der Waals surface area contributed by atoms with Crippen LogP contribution >= 0.6 is 0 Å². The molecule has 0 radical (unpaired) electrons. The molecule has 1 aliphatic rings. The second-order valence-corrected chi connectivity index (χ2v) is 6.79. The van der Waals surface area contributed by atoms with Crippen molar-refractivity contribution < 1.29 is 14.7 Å². The number of piperidine rings is 1. The third-order valence-electron chi connectivity index (χ3n) is 4.62. The summed E-state index contributed by atoms with van der Waals surface area (Å²) in [6.07, 6.45) is 2.38. The first-order chi connectivity index (χ1) is 12.4. The van der Waals surface area contributed by atoms with E-state index in [2.05, 4.69) is 10.4 Å². The van der Waals surface area contributed by atoms with Gasteiger partial charge in [-0.2, -0.15) is 5.10 Å². The number of nitrogens with zero attached hydrogens (tertiary/aromatic N) is 3. The van der Waals surface area contributed by atoms with E-state index < -0.39 is 12.0 Å². The van der Waals surface area contributed by atoms with Gasteiger partial charge in [0.1, 0.15) is 11.9 Å². The van der Waals surface area contributed by atoms with Crippen molar-refractivity contribution >= 4 is 17.7 Å². The number of hydrogen-bond donors (Lipinski definition) is 2. The number of carboxylic acids is 1. The van der Waals surface area contributed by atoms with E-state index in [9.17, 15) is 14.7 Å². The van der Waals surface area contributed by atoms with Gasteiger partial charge in [-0.3, -0.25) is 14.5 Å². The van der Waals surface area contributed by atoms with Gasteiger partial charge in [-0.05, 0) is 45.4 Å². The van der Waals surface area contributed by atoms with Crippen molar-refractivity contribution in [2.24, 2.45) is 0 Å². The molecule has 0 spiro atoms. The van der Waals surface area contributed by atoms with E-state index in [1.807, 2.05) is 44.2 Å². The lowest BCUT2D eigenvalue weighted by molar-refractivity contribution is -0.145. The van der Waals surface area contributed by atoms with E-state index in [1.165, 1.54) is 0 Å². The number of carbonyl (C=O) groups is 2. The molecule has 2 heterocycles. The molecular formula is C19H24N4O3. The molecule has 1 amide bonds. The Hall–Kier alpha value is -2.67. The third kappa shape index (κ3) is 4.11. The minimum absolute atomic E-state index is 0.0646. The van der Waals surface area contributed by atoms with Crippen LogP contribution in [0.25, 0.3) is 5.69 Å². The van der Waals surface area contributed by atoms with E-state index in [0.29, 0.717) is 18.8 Å². The van der Waals surface area contributed by atoms with Gasteiger partial charge in [0, 0.05) is 6.07 Å². The molecule has 138 valence electrons. The highest BCUT2D eigenvalue weighted by molar-refractivity contribution is 5.92. The maximum atomic E-state index is 12.5. The molecule has 7 heteroatoms. The van der Waals surface area contributed by atoms with Crippen LogP contribution in [0.5, 0.6) is 0 Å². The van der Waals surface area contributed by atoms with Crippen LogP contribution < -0.4 is 5.32 Å². The van der Waals surface area contributed by atoms with Crippen molar-refractivity contribution in [1.82, 2.24) is 14.7 Å². The molecule has 1 atom stereocenters. The van der Waals surface area contributed by atoms with Crippen molar-refractivity contribution in [3.8, 4) is 5.69 Å². The summed E-state index contributed by atoms with van der Waals surface area (Å²) in [6, 6.07) is 9.10. The monoisotopic (exact) mass is 356 g/mol. The Labute approximate surface area is 152 Å². The summed E-state index contributed by atoms with van der Waals surface area (Å²) in [4.78, 5) is 25.6. The van der Waals surface area contributed by atoms with E-state index in [0.717, 1.165) is 29.8 Å². The largest absolute Gasteiger partial charge is 0.480 e. The Morgan fingerprint density at radius 1 is 1.23 bits per heavy atom. The first-order valence-electron chi connectivity index (χ1n) is 8.84. The quantitative estimate of drug-likeness (QED) is 0.859. The Kier molecular flexibility index (Phi) is 5.37. The average molecular weight is 356 g/mol. The minimum Gasteiger partial charge on any atom is -0.480 e. The molecule has 26 heavy (non-hydrogen) atoms. The highest BCUT2D eigenvalue weighted by atomic mass is 16.4. The predicted octanol–water partition coefficient (Wildman–Crippen LogP) is 2.37. The molecule has 1 aliphatic heterocycles. The molecule has 1 unspecified atom stereocenters. The van der Waals surface area contributed by atoms with Crippen LogP contribution in [0.15, 0.2) is 30.3 Å². The topological polar surface area (TPSA) is 87.5 Å². The molecule has 1 fully saturated rings. The van der Waals surface area contributed by atoms with Gasteiger partial charge in [-0.15, -0.1) is 0 Å². The van der Waals surface area contributed by atoms with Crippen molar-refractivity contribution in [1.29, 1.82) is 0 Å². The summed E-state index contributed by atoms with van der Waals surface area (Å²) in [5, 5.41) is 16.7. The molecule has 1 saturated heterocycles. The maximum absolute atomic E-state index is 12.5. The lowest BCUT2D eigenvalue weighted by Gasteiger charge is -2.32. The number of benzene rings is 1. The summed E-state index contributed by atoms with van der Waals surface area (Å²) < 4.78 is 1.69.